The smallest absolute Gasteiger partial charge is 0.0547 e. The number of nitrogens with zero attached hydrogens (tertiary/aromatic N) is 2. The van der Waals surface area contributed by atoms with Crippen LogP contribution in [0.2, 0.25) is 0 Å². The molecule has 9 rings (SSSR count). The Morgan fingerprint density at radius 3 is 1.55 bits per heavy atom. The second kappa shape index (κ2) is 9.86. The molecule has 0 spiro atoms. The molecule has 2 nitrogen and oxygen atoms in total. The maximum Gasteiger partial charge on any atom is 0.0547 e. The van der Waals surface area contributed by atoms with Gasteiger partial charge in [0.1, 0.15) is 0 Å². The van der Waals surface area contributed by atoms with Gasteiger partial charge in [0, 0.05) is 32.9 Å². The third-order valence-corrected chi connectivity index (χ3v) is 8.91. The number of hydrogen-bond donors (Lipinski definition) is 0. The van der Waals surface area contributed by atoms with Gasteiger partial charge in [0.05, 0.1) is 22.1 Å². The highest BCUT2D eigenvalue weighted by molar-refractivity contribution is 6.17. The van der Waals surface area contributed by atoms with Crippen molar-refractivity contribution in [2.24, 2.45) is 0 Å². The number of benzene rings is 7. The van der Waals surface area contributed by atoms with Gasteiger partial charge in [-0.3, -0.25) is 0 Å². The van der Waals surface area contributed by atoms with Crippen molar-refractivity contribution in [3.8, 4) is 33.6 Å². The fraction of sp³-hybridized carbons (Fsp3) is 0. The first-order valence-corrected chi connectivity index (χ1v) is 15.1. The number of rotatable bonds is 4. The third-order valence-electron chi connectivity index (χ3n) is 8.91. The highest BCUT2D eigenvalue weighted by Crippen LogP contribution is 2.41. The van der Waals surface area contributed by atoms with Gasteiger partial charge in [-0.15, -0.1) is 0 Å². The van der Waals surface area contributed by atoms with Gasteiger partial charge in [-0.1, -0.05) is 121 Å². The lowest BCUT2D eigenvalue weighted by atomic mass is 9.99. The highest BCUT2D eigenvalue weighted by atomic mass is 15.0. The number of fused-ring (bicyclic) bond motifs is 6. The van der Waals surface area contributed by atoms with E-state index in [-0.39, 0.29) is 0 Å². The minimum Gasteiger partial charge on any atom is -0.309 e. The predicted molar refractivity (Wildman–Crippen MR) is 186 cm³/mol. The van der Waals surface area contributed by atoms with Gasteiger partial charge in [-0.25, -0.2) is 0 Å². The van der Waals surface area contributed by atoms with Crippen LogP contribution >= 0.6 is 0 Å². The fourth-order valence-corrected chi connectivity index (χ4v) is 6.99. The maximum absolute atomic E-state index is 2.43. The van der Waals surface area contributed by atoms with Crippen molar-refractivity contribution in [3.05, 3.63) is 170 Å². The second-order valence-electron chi connectivity index (χ2n) is 11.4. The molecule has 0 aliphatic heterocycles. The van der Waals surface area contributed by atoms with Gasteiger partial charge >= 0.3 is 0 Å². The Hall–Kier alpha value is -5.86. The predicted octanol–water partition coefficient (Wildman–Crippen LogP) is 11.2. The van der Waals surface area contributed by atoms with E-state index in [1.807, 2.05) is 0 Å². The van der Waals surface area contributed by atoms with E-state index >= 15 is 0 Å². The number of aromatic nitrogens is 2. The summed E-state index contributed by atoms with van der Waals surface area (Å²) in [6, 6.07) is 61.4. The lowest BCUT2D eigenvalue weighted by Gasteiger charge is -2.11. The lowest BCUT2D eigenvalue weighted by molar-refractivity contribution is 1.17. The second-order valence-corrected chi connectivity index (χ2v) is 11.4. The molecule has 2 heteroatoms. The molecule has 0 N–H and O–H groups in total. The minimum absolute atomic E-state index is 1.15. The van der Waals surface area contributed by atoms with Crippen molar-refractivity contribution in [3.63, 3.8) is 0 Å². The van der Waals surface area contributed by atoms with Crippen LogP contribution < -0.4 is 0 Å². The van der Waals surface area contributed by atoms with Gasteiger partial charge in [-0.05, 0) is 70.8 Å². The molecule has 0 saturated carbocycles. The molecule has 0 unspecified atom stereocenters. The first kappa shape index (κ1) is 24.7. The SMILES string of the molecule is c1ccc(-c2cccc(-n3c4ccc(-n5c6ccccc6c6ccccc65)cc4c4c(-c5ccccc5)cccc43)c2)cc1. The summed E-state index contributed by atoms with van der Waals surface area (Å²) < 4.78 is 4.84. The molecule has 0 fully saturated rings. The van der Waals surface area contributed by atoms with E-state index in [0.29, 0.717) is 0 Å². The van der Waals surface area contributed by atoms with Gasteiger partial charge in [0.15, 0.2) is 0 Å². The topological polar surface area (TPSA) is 9.86 Å². The van der Waals surface area contributed by atoms with E-state index in [9.17, 15) is 0 Å². The van der Waals surface area contributed by atoms with Crippen LogP contribution in [0, 0.1) is 0 Å². The first-order valence-electron chi connectivity index (χ1n) is 15.1. The Bertz CT molecular complexity index is 2430. The van der Waals surface area contributed by atoms with E-state index in [4.69, 9.17) is 0 Å². The fourth-order valence-electron chi connectivity index (χ4n) is 6.99. The molecule has 0 amide bonds. The molecule has 0 bridgehead atoms. The maximum atomic E-state index is 2.43. The van der Waals surface area contributed by atoms with E-state index in [1.165, 1.54) is 65.9 Å². The average Bonchev–Trinajstić information content (AvgIpc) is 3.62. The van der Waals surface area contributed by atoms with Gasteiger partial charge < -0.3 is 9.13 Å². The van der Waals surface area contributed by atoms with Crippen molar-refractivity contribution in [2.45, 2.75) is 0 Å². The normalized spacial score (nSPS) is 11.6. The summed E-state index contributed by atoms with van der Waals surface area (Å²) in [5, 5.41) is 5.05. The first-order chi connectivity index (χ1) is 21.8. The van der Waals surface area contributed by atoms with Crippen LogP contribution in [0.15, 0.2) is 170 Å². The van der Waals surface area contributed by atoms with Crippen LogP contribution in [0.3, 0.4) is 0 Å². The molecular formula is C42H28N2. The highest BCUT2D eigenvalue weighted by Gasteiger charge is 2.19. The summed E-state index contributed by atoms with van der Waals surface area (Å²) in [5.74, 6) is 0. The van der Waals surface area contributed by atoms with Crippen LogP contribution in [0.5, 0.6) is 0 Å². The Kier molecular flexibility index (Phi) is 5.54. The molecule has 44 heavy (non-hydrogen) atoms. The zero-order chi connectivity index (χ0) is 29.0. The van der Waals surface area contributed by atoms with E-state index in [1.54, 1.807) is 0 Å². The summed E-state index contributed by atoms with van der Waals surface area (Å²) in [5.41, 5.74) is 12.0. The zero-order valence-electron chi connectivity index (χ0n) is 24.1. The largest absolute Gasteiger partial charge is 0.309 e. The Morgan fingerprint density at radius 2 is 0.818 bits per heavy atom. The van der Waals surface area contributed by atoms with Gasteiger partial charge in [0.2, 0.25) is 0 Å². The molecule has 0 atom stereocenters. The van der Waals surface area contributed by atoms with E-state index < -0.39 is 0 Å². The van der Waals surface area contributed by atoms with E-state index in [0.717, 1.165) is 11.4 Å². The van der Waals surface area contributed by atoms with Gasteiger partial charge in [0.25, 0.3) is 0 Å². The van der Waals surface area contributed by atoms with Crippen molar-refractivity contribution in [2.75, 3.05) is 0 Å². The Labute approximate surface area is 255 Å². The summed E-state index contributed by atoms with van der Waals surface area (Å²) in [6.07, 6.45) is 0. The molecular weight excluding hydrogens is 532 g/mol. The minimum atomic E-state index is 1.15. The van der Waals surface area contributed by atoms with Crippen LogP contribution in [0.25, 0.3) is 77.2 Å². The van der Waals surface area contributed by atoms with Crippen molar-refractivity contribution in [1.29, 1.82) is 0 Å². The quantitative estimate of drug-likeness (QED) is 0.203. The molecule has 7 aromatic carbocycles. The molecule has 0 saturated heterocycles. The van der Waals surface area contributed by atoms with Crippen LogP contribution in [-0.2, 0) is 0 Å². The molecule has 2 heterocycles. The van der Waals surface area contributed by atoms with Crippen LogP contribution in [-0.4, -0.2) is 9.13 Å². The number of hydrogen-bond acceptors (Lipinski definition) is 0. The summed E-state index contributed by atoms with van der Waals surface area (Å²) in [6.45, 7) is 0. The standard InChI is InChI=1S/C42H28N2/c1-3-13-29(14-4-1)31-17-11-18-32(27-31)44-40-26-25-33(43-38-22-9-7-19-35(38)36-20-8-10-23-39(36)43)28-37(40)42-34(21-12-24-41(42)44)30-15-5-2-6-16-30/h1-28H. The number of para-hydroxylation sites is 2. The van der Waals surface area contributed by atoms with Gasteiger partial charge in [-0.2, -0.15) is 0 Å². The molecule has 2 aromatic heterocycles. The monoisotopic (exact) mass is 560 g/mol. The average molecular weight is 561 g/mol. The molecule has 9 aromatic rings. The molecule has 0 radical (unpaired) electrons. The summed E-state index contributed by atoms with van der Waals surface area (Å²) in [4.78, 5) is 0. The lowest BCUT2D eigenvalue weighted by Crippen LogP contribution is -1.96. The molecule has 0 aliphatic rings. The van der Waals surface area contributed by atoms with Crippen LogP contribution in [0.4, 0.5) is 0 Å². The molecule has 0 aliphatic carbocycles. The van der Waals surface area contributed by atoms with Crippen molar-refractivity contribution >= 4 is 43.6 Å². The third kappa shape index (κ3) is 3.75. The Balaban J connectivity index is 1.37. The van der Waals surface area contributed by atoms with E-state index in [2.05, 4.69) is 179 Å². The van der Waals surface area contributed by atoms with Crippen molar-refractivity contribution < 1.29 is 0 Å². The molecule has 206 valence electrons. The van der Waals surface area contributed by atoms with Crippen LogP contribution in [0.1, 0.15) is 0 Å². The van der Waals surface area contributed by atoms with Crippen molar-refractivity contribution in [1.82, 2.24) is 9.13 Å². The zero-order valence-corrected chi connectivity index (χ0v) is 24.1. The Morgan fingerprint density at radius 1 is 0.295 bits per heavy atom. The summed E-state index contributed by atoms with van der Waals surface area (Å²) in [7, 11) is 0. The summed E-state index contributed by atoms with van der Waals surface area (Å²) >= 11 is 0.